The van der Waals surface area contributed by atoms with Gasteiger partial charge in [-0.15, -0.1) is 0 Å². The van der Waals surface area contributed by atoms with Crippen LogP contribution in [0.25, 0.3) is 0 Å². The van der Waals surface area contributed by atoms with Crippen LogP contribution in [-0.4, -0.2) is 17.2 Å². The molecule has 0 aromatic heterocycles. The second-order valence-corrected chi connectivity index (χ2v) is 5.62. The molecule has 1 atom stereocenters. The molecule has 1 unspecified atom stereocenters. The molecule has 0 aliphatic heterocycles. The Bertz CT molecular complexity index is 247. The van der Waals surface area contributed by atoms with Crippen molar-refractivity contribution < 1.29 is 22.6 Å². The van der Waals surface area contributed by atoms with Gasteiger partial charge in [-0.2, -0.15) is 13.2 Å². The maximum Gasteiger partial charge on any atom is 0.393 e. The Kier molecular flexibility index (Phi) is 4.89. The van der Waals surface area contributed by atoms with Crippen molar-refractivity contribution in [2.75, 3.05) is 6.16 Å². The van der Waals surface area contributed by atoms with Crippen molar-refractivity contribution in [3.8, 4) is 0 Å². The summed E-state index contributed by atoms with van der Waals surface area (Å²) >= 11 is 0. The van der Waals surface area contributed by atoms with Crippen LogP contribution in [0, 0.1) is 0 Å². The van der Waals surface area contributed by atoms with E-state index in [1.54, 1.807) is 6.92 Å². The Balaban J connectivity index is 4.30. The highest BCUT2D eigenvalue weighted by Crippen LogP contribution is 2.52. The first kappa shape index (κ1) is 13.7. The summed E-state index contributed by atoms with van der Waals surface area (Å²) in [5, 5.41) is -0.599. The first-order chi connectivity index (χ1) is 6.19. The molecule has 0 aliphatic rings. The zero-order valence-electron chi connectivity index (χ0n) is 7.97. The van der Waals surface area contributed by atoms with Gasteiger partial charge in [0.2, 0.25) is 7.37 Å². The maximum absolute atomic E-state index is 11.9. The molecule has 0 fully saturated rings. The smallest absolute Gasteiger partial charge is 0.341 e. The maximum atomic E-state index is 11.9. The van der Waals surface area contributed by atoms with Crippen LogP contribution in [0.2, 0.25) is 0 Å². The van der Waals surface area contributed by atoms with Crippen LogP contribution in [0.3, 0.4) is 0 Å². The molecule has 0 aliphatic carbocycles. The third kappa shape index (κ3) is 5.45. The molecule has 0 saturated carbocycles. The van der Waals surface area contributed by atoms with Crippen LogP contribution < -0.4 is 0 Å². The lowest BCUT2D eigenvalue weighted by Crippen LogP contribution is -2.09. The van der Waals surface area contributed by atoms with Gasteiger partial charge < -0.3 is 4.89 Å². The molecule has 0 aromatic rings. The summed E-state index contributed by atoms with van der Waals surface area (Å²) in [6, 6.07) is 0. The highest BCUT2D eigenvalue weighted by atomic mass is 31.2. The van der Waals surface area contributed by atoms with Crippen molar-refractivity contribution in [3.05, 3.63) is 11.9 Å². The summed E-state index contributed by atoms with van der Waals surface area (Å²) in [5.74, 6) is 0. The van der Waals surface area contributed by atoms with Crippen LogP contribution in [0.15, 0.2) is 11.9 Å². The molecule has 0 saturated heterocycles. The summed E-state index contributed by atoms with van der Waals surface area (Å²) in [5.41, 5.74) is 0. The lowest BCUT2D eigenvalue weighted by atomic mass is 10.4. The molecule has 1 N–H and O–H groups in total. The van der Waals surface area contributed by atoms with E-state index < -0.39 is 25.3 Å². The van der Waals surface area contributed by atoms with E-state index in [9.17, 15) is 22.6 Å². The van der Waals surface area contributed by atoms with Crippen LogP contribution >= 0.6 is 7.37 Å². The summed E-state index contributed by atoms with van der Waals surface area (Å²) in [6.45, 7) is 4.83. The summed E-state index contributed by atoms with van der Waals surface area (Å²) in [6.07, 6.45) is -4.83. The van der Waals surface area contributed by atoms with Crippen LogP contribution in [-0.2, 0) is 4.57 Å². The Labute approximate surface area is 81.3 Å². The minimum absolute atomic E-state index is 0.113. The second kappa shape index (κ2) is 4.99. The van der Waals surface area contributed by atoms with E-state index in [0.717, 1.165) is 0 Å². The number of hydrogen-bond acceptors (Lipinski definition) is 1. The largest absolute Gasteiger partial charge is 0.393 e. The van der Waals surface area contributed by atoms with E-state index in [1.807, 2.05) is 0 Å². The highest BCUT2D eigenvalue weighted by Gasteiger charge is 2.34. The highest BCUT2D eigenvalue weighted by molar-refractivity contribution is 7.62. The molecule has 0 radical (unpaired) electrons. The van der Waals surface area contributed by atoms with Gasteiger partial charge in [-0.3, -0.25) is 4.57 Å². The molecule has 0 aromatic carbocycles. The Morgan fingerprint density at radius 3 is 2.36 bits per heavy atom. The van der Waals surface area contributed by atoms with Gasteiger partial charge in [0.1, 0.15) is 0 Å². The Morgan fingerprint density at radius 1 is 1.50 bits per heavy atom. The van der Waals surface area contributed by atoms with Crippen molar-refractivity contribution in [3.63, 3.8) is 0 Å². The third-order valence-corrected chi connectivity index (χ3v) is 3.78. The fourth-order valence-corrected chi connectivity index (χ4v) is 2.37. The first-order valence-corrected chi connectivity index (χ1v) is 6.10. The molecule has 0 amide bonds. The average molecular weight is 230 g/mol. The van der Waals surface area contributed by atoms with E-state index in [-0.39, 0.29) is 6.16 Å². The predicted octanol–water partition coefficient (Wildman–Crippen LogP) is 3.52. The van der Waals surface area contributed by atoms with E-state index in [0.29, 0.717) is 12.8 Å². The fraction of sp³-hybridized carbons (Fsp3) is 0.750. The minimum atomic E-state index is -4.46. The van der Waals surface area contributed by atoms with Crippen molar-refractivity contribution in [2.24, 2.45) is 0 Å². The number of allylic oxidation sites excluding steroid dienone is 1. The Morgan fingerprint density at radius 2 is 2.00 bits per heavy atom. The number of rotatable bonds is 5. The quantitative estimate of drug-likeness (QED) is 0.733. The zero-order valence-corrected chi connectivity index (χ0v) is 8.87. The van der Waals surface area contributed by atoms with E-state index >= 15 is 0 Å². The fourth-order valence-electron chi connectivity index (χ4n) is 0.885. The molecule has 0 heterocycles. The molecule has 84 valence electrons. The number of halogens is 3. The van der Waals surface area contributed by atoms with Crippen LogP contribution in [0.4, 0.5) is 13.2 Å². The number of hydrogen-bond donors (Lipinski definition) is 1. The summed E-state index contributed by atoms with van der Waals surface area (Å²) in [7, 11) is -3.81. The SMILES string of the molecule is C=C(CC(F)(F)F)P(=O)(O)CCCC. The normalized spacial score (nSPS) is 16.4. The standard InChI is InChI=1S/C8H14F3O2P/c1-3-4-5-14(12,13)7(2)6-8(9,10)11/h2-6H2,1H3,(H,12,13). The summed E-state index contributed by atoms with van der Waals surface area (Å²) in [4.78, 5) is 9.23. The van der Waals surface area contributed by atoms with Crippen molar-refractivity contribution in [1.82, 2.24) is 0 Å². The summed E-state index contributed by atoms with van der Waals surface area (Å²) < 4.78 is 46.9. The van der Waals surface area contributed by atoms with E-state index in [4.69, 9.17) is 0 Å². The predicted molar refractivity (Wildman–Crippen MR) is 49.4 cm³/mol. The Hall–Kier alpha value is -0.280. The lowest BCUT2D eigenvalue weighted by Gasteiger charge is -2.15. The molecule has 0 bridgehead atoms. The lowest BCUT2D eigenvalue weighted by molar-refractivity contribution is -0.125. The van der Waals surface area contributed by atoms with E-state index in [1.165, 1.54) is 0 Å². The number of alkyl halides is 3. The van der Waals surface area contributed by atoms with Crippen LogP contribution in [0.5, 0.6) is 0 Å². The van der Waals surface area contributed by atoms with Gasteiger partial charge in [0.05, 0.1) is 6.42 Å². The van der Waals surface area contributed by atoms with Gasteiger partial charge in [-0.05, 0) is 6.42 Å². The number of unbranched alkanes of at least 4 members (excludes halogenated alkanes) is 1. The molecule has 0 rings (SSSR count). The van der Waals surface area contributed by atoms with Crippen LogP contribution in [0.1, 0.15) is 26.2 Å². The first-order valence-electron chi connectivity index (χ1n) is 4.26. The van der Waals surface area contributed by atoms with Gasteiger partial charge in [0.15, 0.2) is 0 Å². The minimum Gasteiger partial charge on any atom is -0.341 e. The van der Waals surface area contributed by atoms with Gasteiger partial charge in [-0.1, -0.05) is 19.9 Å². The van der Waals surface area contributed by atoms with Crippen molar-refractivity contribution >= 4 is 7.37 Å². The van der Waals surface area contributed by atoms with Crippen molar-refractivity contribution in [1.29, 1.82) is 0 Å². The zero-order chi connectivity index (χ0) is 11.4. The van der Waals surface area contributed by atoms with E-state index in [2.05, 4.69) is 6.58 Å². The molecule has 0 spiro atoms. The van der Waals surface area contributed by atoms with Gasteiger partial charge in [0.25, 0.3) is 0 Å². The van der Waals surface area contributed by atoms with Gasteiger partial charge in [-0.25, -0.2) is 0 Å². The van der Waals surface area contributed by atoms with Gasteiger partial charge in [0, 0.05) is 11.5 Å². The molecular formula is C8H14F3O2P. The molecule has 2 nitrogen and oxygen atoms in total. The van der Waals surface area contributed by atoms with Crippen molar-refractivity contribution in [2.45, 2.75) is 32.4 Å². The second-order valence-electron chi connectivity index (χ2n) is 3.14. The molecule has 6 heteroatoms. The third-order valence-electron chi connectivity index (χ3n) is 1.71. The molecular weight excluding hydrogens is 216 g/mol. The monoisotopic (exact) mass is 230 g/mol. The molecule has 14 heavy (non-hydrogen) atoms. The average Bonchev–Trinajstić information content (AvgIpc) is 1.97. The van der Waals surface area contributed by atoms with Gasteiger partial charge >= 0.3 is 6.18 Å². The topological polar surface area (TPSA) is 37.3 Å².